The monoisotopic (exact) mass is 275 g/mol. The summed E-state index contributed by atoms with van der Waals surface area (Å²) >= 11 is 1.68. The molecule has 2 heterocycles. The lowest BCUT2D eigenvalue weighted by atomic mass is 10.2. The first-order valence-electron chi connectivity index (χ1n) is 6.58. The molecule has 1 saturated heterocycles. The van der Waals surface area contributed by atoms with Crippen LogP contribution in [0.1, 0.15) is 30.8 Å². The summed E-state index contributed by atoms with van der Waals surface area (Å²) in [6, 6.07) is 7.77. The Labute approximate surface area is 116 Å². The van der Waals surface area contributed by atoms with Crippen molar-refractivity contribution < 1.29 is 4.79 Å². The van der Waals surface area contributed by atoms with E-state index in [2.05, 4.69) is 11.1 Å². The van der Waals surface area contributed by atoms with Crippen LogP contribution in [0.4, 0.5) is 0 Å². The molecule has 2 atom stereocenters. The number of hydrogen-bond donors (Lipinski definition) is 1. The van der Waals surface area contributed by atoms with Gasteiger partial charge in [-0.05, 0) is 31.9 Å². The highest BCUT2D eigenvalue weighted by Gasteiger charge is 2.33. The third-order valence-electron chi connectivity index (χ3n) is 3.52. The molecule has 0 aliphatic carbocycles. The minimum absolute atomic E-state index is 0.0294. The van der Waals surface area contributed by atoms with Gasteiger partial charge in [-0.2, -0.15) is 0 Å². The van der Waals surface area contributed by atoms with Crippen molar-refractivity contribution in [1.82, 2.24) is 9.88 Å². The van der Waals surface area contributed by atoms with Gasteiger partial charge in [0.15, 0.2) is 0 Å². The van der Waals surface area contributed by atoms with E-state index in [1.54, 1.807) is 18.3 Å². The maximum atomic E-state index is 12.1. The molecule has 3 rings (SSSR count). The molecule has 2 unspecified atom stereocenters. The molecule has 1 aliphatic heterocycles. The standard InChI is InChI=1S/C14H17N3OS/c1-9(15)14(18)17-8-4-6-11(17)13-16-10-5-2-3-7-12(10)19-13/h2-3,5,7,9,11H,4,6,8,15H2,1H3. The fourth-order valence-electron chi connectivity index (χ4n) is 2.58. The smallest absolute Gasteiger partial charge is 0.239 e. The first kappa shape index (κ1) is 12.6. The zero-order valence-electron chi connectivity index (χ0n) is 10.9. The van der Waals surface area contributed by atoms with Gasteiger partial charge in [-0.1, -0.05) is 12.1 Å². The third kappa shape index (κ3) is 2.24. The van der Waals surface area contributed by atoms with E-state index in [0.29, 0.717) is 0 Å². The topological polar surface area (TPSA) is 59.2 Å². The molecule has 0 saturated carbocycles. The number of nitrogens with zero attached hydrogens (tertiary/aromatic N) is 2. The van der Waals surface area contributed by atoms with Crippen molar-refractivity contribution in [1.29, 1.82) is 0 Å². The fraction of sp³-hybridized carbons (Fsp3) is 0.429. The number of likely N-dealkylation sites (tertiary alicyclic amines) is 1. The molecule has 1 aliphatic rings. The molecule has 4 nitrogen and oxygen atoms in total. The molecule has 1 aromatic heterocycles. The Balaban J connectivity index is 1.93. The van der Waals surface area contributed by atoms with Gasteiger partial charge in [0.2, 0.25) is 5.91 Å². The number of aromatic nitrogens is 1. The lowest BCUT2D eigenvalue weighted by molar-refractivity contribution is -0.133. The Morgan fingerprint density at radius 3 is 3.05 bits per heavy atom. The van der Waals surface area contributed by atoms with Gasteiger partial charge in [0.1, 0.15) is 5.01 Å². The van der Waals surface area contributed by atoms with Crippen LogP contribution in [-0.4, -0.2) is 28.4 Å². The van der Waals surface area contributed by atoms with Crippen molar-refractivity contribution >= 4 is 27.5 Å². The van der Waals surface area contributed by atoms with Gasteiger partial charge >= 0.3 is 0 Å². The summed E-state index contributed by atoms with van der Waals surface area (Å²) in [6.07, 6.45) is 2.01. The van der Waals surface area contributed by atoms with E-state index in [1.165, 1.54) is 4.70 Å². The van der Waals surface area contributed by atoms with Crippen LogP contribution in [-0.2, 0) is 4.79 Å². The average Bonchev–Trinajstić information content (AvgIpc) is 3.03. The summed E-state index contributed by atoms with van der Waals surface area (Å²) in [4.78, 5) is 18.7. The van der Waals surface area contributed by atoms with Crippen LogP contribution in [0.5, 0.6) is 0 Å². The SMILES string of the molecule is CC(N)C(=O)N1CCCC1c1nc2ccccc2s1. The molecule has 100 valence electrons. The number of nitrogens with two attached hydrogens (primary N) is 1. The van der Waals surface area contributed by atoms with E-state index < -0.39 is 6.04 Å². The summed E-state index contributed by atoms with van der Waals surface area (Å²) in [6.45, 7) is 2.54. The number of carbonyl (C=O) groups is 1. The number of thiazole rings is 1. The number of rotatable bonds is 2. The largest absolute Gasteiger partial charge is 0.332 e. The second-order valence-corrected chi connectivity index (χ2v) is 6.06. The lowest BCUT2D eigenvalue weighted by Crippen LogP contribution is -2.41. The second kappa shape index (κ2) is 4.90. The molecule has 0 bridgehead atoms. The van der Waals surface area contributed by atoms with Crippen LogP contribution in [0.3, 0.4) is 0 Å². The molecule has 1 fully saturated rings. The Morgan fingerprint density at radius 1 is 1.53 bits per heavy atom. The van der Waals surface area contributed by atoms with Crippen LogP contribution in [0.25, 0.3) is 10.2 Å². The molecule has 2 aromatic rings. The van der Waals surface area contributed by atoms with E-state index in [0.717, 1.165) is 29.9 Å². The van der Waals surface area contributed by atoms with Gasteiger partial charge in [-0.15, -0.1) is 11.3 Å². The number of para-hydroxylation sites is 1. The molecular formula is C14H17N3OS. The maximum Gasteiger partial charge on any atom is 0.239 e. The van der Waals surface area contributed by atoms with Crippen molar-refractivity contribution in [2.45, 2.75) is 31.8 Å². The second-order valence-electron chi connectivity index (χ2n) is 5.00. The zero-order chi connectivity index (χ0) is 13.4. The molecule has 0 spiro atoms. The van der Waals surface area contributed by atoms with Crippen LogP contribution < -0.4 is 5.73 Å². The molecule has 1 aromatic carbocycles. The van der Waals surface area contributed by atoms with Crippen molar-refractivity contribution in [2.24, 2.45) is 5.73 Å². The maximum absolute atomic E-state index is 12.1. The fourth-order valence-corrected chi connectivity index (χ4v) is 3.70. The first-order chi connectivity index (χ1) is 9.16. The van der Waals surface area contributed by atoms with E-state index in [9.17, 15) is 4.79 Å². The summed E-state index contributed by atoms with van der Waals surface area (Å²) in [7, 11) is 0. The third-order valence-corrected chi connectivity index (χ3v) is 4.66. The van der Waals surface area contributed by atoms with Crippen molar-refractivity contribution in [3.05, 3.63) is 29.3 Å². The number of hydrogen-bond acceptors (Lipinski definition) is 4. The van der Waals surface area contributed by atoms with Gasteiger partial charge < -0.3 is 10.6 Å². The minimum atomic E-state index is -0.435. The van der Waals surface area contributed by atoms with Gasteiger partial charge in [0.25, 0.3) is 0 Å². The zero-order valence-corrected chi connectivity index (χ0v) is 11.7. The molecule has 2 N–H and O–H groups in total. The van der Waals surface area contributed by atoms with E-state index in [-0.39, 0.29) is 11.9 Å². The van der Waals surface area contributed by atoms with Gasteiger partial charge in [-0.3, -0.25) is 4.79 Å². The van der Waals surface area contributed by atoms with Crippen molar-refractivity contribution in [3.8, 4) is 0 Å². The highest BCUT2D eigenvalue weighted by Crippen LogP contribution is 2.36. The number of carbonyl (C=O) groups excluding carboxylic acids is 1. The van der Waals surface area contributed by atoms with Crippen LogP contribution >= 0.6 is 11.3 Å². The lowest BCUT2D eigenvalue weighted by Gasteiger charge is -2.24. The molecular weight excluding hydrogens is 258 g/mol. The predicted molar refractivity (Wildman–Crippen MR) is 77.0 cm³/mol. The Morgan fingerprint density at radius 2 is 2.32 bits per heavy atom. The highest BCUT2D eigenvalue weighted by atomic mass is 32.1. The predicted octanol–water partition coefficient (Wildman–Crippen LogP) is 2.31. The summed E-state index contributed by atoms with van der Waals surface area (Å²) in [5.74, 6) is 0.0294. The van der Waals surface area contributed by atoms with Gasteiger partial charge in [0.05, 0.1) is 22.3 Å². The Bertz CT molecular complexity index is 575. The molecule has 5 heteroatoms. The molecule has 0 radical (unpaired) electrons. The van der Waals surface area contributed by atoms with Crippen LogP contribution in [0, 0.1) is 0 Å². The number of benzene rings is 1. The summed E-state index contributed by atoms with van der Waals surface area (Å²) < 4.78 is 1.18. The normalized spacial score (nSPS) is 20.9. The van der Waals surface area contributed by atoms with Crippen LogP contribution in [0.15, 0.2) is 24.3 Å². The first-order valence-corrected chi connectivity index (χ1v) is 7.40. The van der Waals surface area contributed by atoms with Gasteiger partial charge in [0, 0.05) is 6.54 Å². The van der Waals surface area contributed by atoms with Crippen molar-refractivity contribution in [3.63, 3.8) is 0 Å². The Hall–Kier alpha value is -1.46. The van der Waals surface area contributed by atoms with E-state index in [1.807, 2.05) is 23.1 Å². The molecule has 19 heavy (non-hydrogen) atoms. The quantitative estimate of drug-likeness (QED) is 0.915. The van der Waals surface area contributed by atoms with Crippen LogP contribution in [0.2, 0.25) is 0 Å². The minimum Gasteiger partial charge on any atom is -0.332 e. The summed E-state index contributed by atoms with van der Waals surface area (Å²) in [5, 5.41) is 1.03. The van der Waals surface area contributed by atoms with Gasteiger partial charge in [-0.25, -0.2) is 4.98 Å². The van der Waals surface area contributed by atoms with Crippen molar-refractivity contribution in [2.75, 3.05) is 6.54 Å². The Kier molecular flexibility index (Phi) is 3.24. The van der Waals surface area contributed by atoms with E-state index >= 15 is 0 Å². The number of amides is 1. The number of fused-ring (bicyclic) bond motifs is 1. The average molecular weight is 275 g/mol. The molecule has 1 amide bonds. The highest BCUT2D eigenvalue weighted by molar-refractivity contribution is 7.18. The van der Waals surface area contributed by atoms with E-state index in [4.69, 9.17) is 5.73 Å². The summed E-state index contributed by atoms with van der Waals surface area (Å²) in [5.41, 5.74) is 6.74.